The van der Waals surface area contributed by atoms with E-state index in [9.17, 15) is 76.1 Å². The zero-order chi connectivity index (χ0) is 77.8. The van der Waals surface area contributed by atoms with Crippen LogP contribution < -0.4 is 16.8 Å². The number of benzene rings is 3. The number of nitro groups is 1. The molecule has 40 nitrogen and oxygen atoms in total. The van der Waals surface area contributed by atoms with Gasteiger partial charge in [-0.15, -0.1) is 37.3 Å². The van der Waals surface area contributed by atoms with Gasteiger partial charge in [0.25, 0.3) is 21.0 Å². The fourth-order valence-corrected chi connectivity index (χ4v) is 12.2. The number of fused-ring (bicyclic) bond motifs is 2. The van der Waals surface area contributed by atoms with Crippen LogP contribution in [-0.2, 0) is 91.3 Å². The summed E-state index contributed by atoms with van der Waals surface area (Å²) in [6.07, 6.45) is 0. The van der Waals surface area contributed by atoms with Gasteiger partial charge in [-0.05, 0) is 71.0 Å². The molecule has 0 spiro atoms. The summed E-state index contributed by atoms with van der Waals surface area (Å²) < 4.78 is 59.9. The van der Waals surface area contributed by atoms with E-state index in [-0.39, 0.29) is 89.2 Å². The van der Waals surface area contributed by atoms with Crippen LogP contribution >= 0.6 is 81.9 Å². The van der Waals surface area contributed by atoms with Gasteiger partial charge >= 0.3 is 41.8 Å². The lowest BCUT2D eigenvalue weighted by atomic mass is 10.2. The van der Waals surface area contributed by atoms with E-state index in [2.05, 4.69) is 84.5 Å². The van der Waals surface area contributed by atoms with Crippen LogP contribution in [0.2, 0.25) is 0 Å². The van der Waals surface area contributed by atoms with E-state index in [0.717, 1.165) is 64.4 Å². The van der Waals surface area contributed by atoms with Gasteiger partial charge in [0.15, 0.2) is 19.8 Å². The van der Waals surface area contributed by atoms with Crippen molar-refractivity contribution in [3.8, 4) is 11.5 Å². The number of aromatic nitrogens is 11. The maximum absolute atomic E-state index is 11.5. The number of hydrogen-bond acceptors (Lipinski definition) is 40. The van der Waals surface area contributed by atoms with Crippen molar-refractivity contribution < 1.29 is 114 Å². The van der Waals surface area contributed by atoms with Crippen molar-refractivity contribution >= 4 is 202 Å². The number of imidazole rings is 2. The average Bonchev–Trinajstić information content (AvgIpc) is 1.70. The van der Waals surface area contributed by atoms with Crippen molar-refractivity contribution in [3.05, 3.63) is 87.9 Å². The lowest BCUT2D eigenvalue weighted by molar-refractivity contribution is -0.384. The van der Waals surface area contributed by atoms with Crippen LogP contribution in [0.1, 0.15) is 34.6 Å². The molecule has 0 saturated carbocycles. The van der Waals surface area contributed by atoms with Crippen LogP contribution in [0.3, 0.4) is 0 Å². The van der Waals surface area contributed by atoms with Gasteiger partial charge in [-0.2, -0.15) is 13.4 Å². The molecular formula is C57H61N15O25S8. The number of anilines is 2. The zero-order valence-electron chi connectivity index (χ0n) is 55.1. The van der Waals surface area contributed by atoms with E-state index in [0.29, 0.717) is 58.7 Å². The number of nitrogens with two attached hydrogens (primary N) is 2. The minimum absolute atomic E-state index is 0.00648. The number of non-ortho nitro benzene ring substituents is 1. The SMILES string of the molecule is CCOC(=O)C(=O)CSc1nc(N)n[nH]1.CCOC(=O)C(=O)CSc1nc2cc(S(=O)(=O)O)ccc2[nH]1.CCOC(=O)C(=O)CSc1nc2cc([N+](=O)[O-])ccc2[nH]1.CCOC(=O)C(=O)CSc1nnc(-c2ccccc2)o1.CCOC(=O)C(=O)CSc1nnc(N)s1.O=C(O)C1=CSCC(C(=O)O)N1. The molecule has 5 aromatic heterocycles. The number of carbonyl (C=O) groups is 12. The van der Waals surface area contributed by atoms with Crippen molar-refractivity contribution in [3.63, 3.8) is 0 Å². The van der Waals surface area contributed by atoms with Gasteiger partial charge in [0, 0.05) is 28.9 Å². The second kappa shape index (κ2) is 45.0. The minimum Gasteiger partial charge on any atom is -0.480 e. The Hall–Kier alpha value is -10.4. The number of aromatic amines is 3. The third kappa shape index (κ3) is 31.2. The summed E-state index contributed by atoms with van der Waals surface area (Å²) in [7, 11) is -4.30. The average molecular weight is 1610 g/mol. The van der Waals surface area contributed by atoms with Crippen LogP contribution in [0.25, 0.3) is 33.5 Å². The second-order valence-electron chi connectivity index (χ2n) is 18.7. The van der Waals surface area contributed by atoms with Crippen molar-refractivity contribution in [2.75, 3.05) is 79.0 Å². The molecule has 1 unspecified atom stereocenters. The molecule has 1 aliphatic rings. The van der Waals surface area contributed by atoms with E-state index in [1.54, 1.807) is 34.6 Å². The van der Waals surface area contributed by atoms with E-state index < -0.39 is 91.8 Å². The Morgan fingerprint density at radius 2 is 1.08 bits per heavy atom. The Bertz CT molecular complexity index is 4460. The molecule has 9 rings (SSSR count). The first-order valence-corrected chi connectivity index (χ1v) is 37.6. The zero-order valence-corrected chi connectivity index (χ0v) is 61.6. The largest absolute Gasteiger partial charge is 0.480 e. The summed E-state index contributed by atoms with van der Waals surface area (Å²) in [5.74, 6) is -9.20. The fraction of sp³-hybridized carbons (Fsp3) is 0.298. The number of rotatable bonds is 30. The maximum Gasteiger partial charge on any atom is 0.375 e. The van der Waals surface area contributed by atoms with Crippen LogP contribution in [0.15, 0.2) is 112 Å². The number of H-pyrrole nitrogens is 3. The van der Waals surface area contributed by atoms with Gasteiger partial charge in [-0.3, -0.25) is 43.7 Å². The van der Waals surface area contributed by atoms with Gasteiger partial charge in [-0.1, -0.05) is 88.3 Å². The van der Waals surface area contributed by atoms with Gasteiger partial charge in [-0.25, -0.2) is 43.5 Å². The number of nitrogens with one attached hydrogen (secondary N) is 4. The van der Waals surface area contributed by atoms with Crippen LogP contribution in [0, 0.1) is 10.1 Å². The topological polar surface area (TPSA) is 617 Å². The van der Waals surface area contributed by atoms with Gasteiger partial charge in [0.1, 0.15) is 11.7 Å². The van der Waals surface area contributed by atoms with Crippen LogP contribution in [0.5, 0.6) is 0 Å². The molecule has 0 amide bonds. The first-order valence-electron chi connectivity index (χ1n) is 29.3. The summed E-state index contributed by atoms with van der Waals surface area (Å²) in [6, 6.07) is 16.6. The number of carboxylic acid groups (broad SMARTS) is 2. The van der Waals surface area contributed by atoms with Crippen molar-refractivity contribution in [1.29, 1.82) is 0 Å². The first kappa shape index (κ1) is 87.0. The summed E-state index contributed by atoms with van der Waals surface area (Å²) in [5.41, 5.74) is 13.2. The Kier molecular flexibility index (Phi) is 37.3. The number of carboxylic acids is 2. The van der Waals surface area contributed by atoms with Gasteiger partial charge in [0.2, 0.25) is 45.9 Å². The smallest absolute Gasteiger partial charge is 0.375 e. The monoisotopic (exact) mass is 1610 g/mol. The molecule has 0 radical (unpaired) electrons. The van der Waals surface area contributed by atoms with E-state index in [1.165, 1.54) is 64.9 Å². The molecule has 1 atom stereocenters. The molecule has 8 aromatic rings. The van der Waals surface area contributed by atoms with Crippen LogP contribution in [-0.4, -0.2) is 228 Å². The molecule has 11 N–H and O–H groups in total. The van der Waals surface area contributed by atoms with Gasteiger partial charge < -0.3 is 65.1 Å². The molecule has 0 fully saturated rings. The molecular weight excluding hydrogens is 1550 g/mol. The second-order valence-corrected chi connectivity index (χ2v) is 27.1. The number of ketones is 5. The molecule has 0 bridgehead atoms. The van der Waals surface area contributed by atoms with E-state index in [4.69, 9.17) is 30.7 Å². The lowest BCUT2D eigenvalue weighted by Gasteiger charge is -2.18. The van der Waals surface area contributed by atoms with E-state index in [1.807, 2.05) is 30.3 Å². The predicted octanol–water partition coefficient (Wildman–Crippen LogP) is 4.35. The number of nitro benzene ring substituents is 1. The molecule has 3 aromatic carbocycles. The third-order valence-electron chi connectivity index (χ3n) is 11.2. The Balaban J connectivity index is 0.000000270. The highest BCUT2D eigenvalue weighted by atomic mass is 32.2. The van der Waals surface area contributed by atoms with Crippen molar-refractivity contribution in [2.45, 2.75) is 70.6 Å². The number of thioether (sulfide) groups is 6. The predicted molar refractivity (Wildman–Crippen MR) is 378 cm³/mol. The molecule has 1 aliphatic heterocycles. The normalized spacial score (nSPS) is 11.9. The Labute approximate surface area is 621 Å². The molecule has 0 saturated heterocycles. The summed E-state index contributed by atoms with van der Waals surface area (Å²) >= 11 is 7.55. The minimum atomic E-state index is -4.30. The summed E-state index contributed by atoms with van der Waals surface area (Å²) in [5, 5.41) is 54.3. The number of Topliss-reactive ketones (excluding diaryl/α,β-unsaturated/α-hetero) is 5. The highest BCUT2D eigenvalue weighted by Crippen LogP contribution is 2.27. The molecule has 105 heavy (non-hydrogen) atoms. The maximum atomic E-state index is 11.5. The Morgan fingerprint density at radius 1 is 0.610 bits per heavy atom. The number of aliphatic carboxylic acids is 2. The third-order valence-corrected chi connectivity index (χ3v) is 18.3. The van der Waals surface area contributed by atoms with E-state index >= 15 is 0 Å². The number of hydrogen-bond donors (Lipinski definition) is 9. The van der Waals surface area contributed by atoms with Gasteiger partial charge in [0.05, 0.1) is 93.7 Å². The summed E-state index contributed by atoms with van der Waals surface area (Å²) in [6.45, 7) is 8.96. The van der Waals surface area contributed by atoms with Crippen molar-refractivity contribution in [2.24, 2.45) is 0 Å². The fourth-order valence-electron chi connectivity index (χ4n) is 6.66. The van der Waals surface area contributed by atoms with Crippen molar-refractivity contribution in [1.82, 2.24) is 60.8 Å². The highest BCUT2D eigenvalue weighted by molar-refractivity contribution is 8.02. The highest BCUT2D eigenvalue weighted by Gasteiger charge is 2.25. The number of nitrogen functional groups attached to an aromatic ring is 2. The molecule has 0 aliphatic carbocycles. The Morgan fingerprint density at radius 3 is 1.50 bits per heavy atom. The molecule has 6 heterocycles. The molecule has 562 valence electrons. The first-order chi connectivity index (χ1) is 49.9. The lowest BCUT2D eigenvalue weighted by Crippen LogP contribution is -2.41. The quantitative estimate of drug-likeness (QED) is 0.00574. The summed E-state index contributed by atoms with van der Waals surface area (Å²) in [4.78, 5) is 160. The number of carbonyl (C=O) groups excluding carboxylic acids is 10. The number of nitrogens with zero attached hydrogens (tertiary/aromatic N) is 9. The number of esters is 5. The number of ether oxygens (including phenoxy) is 5. The van der Waals surface area contributed by atoms with Crippen LogP contribution in [0.4, 0.5) is 16.8 Å². The standard InChI is InChI=1S/C13H12N2O4S.C12H11N3O5S.C12H12N2O6S2.C7H10N4O3S.C7H9N3O3S2.C6H7NO4S/c1-2-18-12(17)10(16)8-20-13-15-14-11(19-13)9-6-4-3-5-7-9;1-2-20-11(17)10(16)6-21-12-13-8-4-3-7(15(18)19)5-9(8)14-12;1-2-20-11(16)10(15)6-21-12-13-8-4-3-7(22(17,18)19)5-9(8)14-12;1-2-14-5(13)4(12)3-15-7-9-6(8)10-11-7;1-2-13-5(12)4(11)3-14-7-10-9-6(8)15-7;8-5(9)3-1-12-2-4(7-3)6(10)11/h3-7H,2,8H2,1H3;3-5H,2,6H2,1H3,(H,13,14);3-5H,2,6H2,1H3,(H,13,14)(H,17,18,19);2-3H2,1H3,(H3,8,9,10,11);2-3H2,1H3,(H2,8,9);1,4,7H,2H2,(H,8,9)(H,10,11). The molecule has 48 heteroatoms.